The van der Waals surface area contributed by atoms with E-state index in [1.807, 2.05) is 45.0 Å². The van der Waals surface area contributed by atoms with E-state index in [2.05, 4.69) is 16.0 Å². The van der Waals surface area contributed by atoms with Crippen molar-refractivity contribution >= 4 is 42.0 Å². The number of hydrogen-bond donors (Lipinski definition) is 3. The summed E-state index contributed by atoms with van der Waals surface area (Å²) in [5, 5.41) is 8.92. The Labute approximate surface area is 408 Å². The van der Waals surface area contributed by atoms with Crippen LogP contribution in [0.3, 0.4) is 0 Å². The zero-order valence-electron chi connectivity index (χ0n) is 40.3. The summed E-state index contributed by atoms with van der Waals surface area (Å²) in [6, 6.07) is 30.4. The molecular formula is C54H62N4O12. The van der Waals surface area contributed by atoms with E-state index < -0.39 is 60.1 Å². The van der Waals surface area contributed by atoms with Crippen molar-refractivity contribution in [3.05, 3.63) is 149 Å². The average Bonchev–Trinajstić information content (AvgIpc) is 3.88. The lowest BCUT2D eigenvalue weighted by Gasteiger charge is -2.32. The Hall–Kier alpha value is -7.75. The molecule has 3 N–H and O–H groups in total. The predicted octanol–water partition coefficient (Wildman–Crippen LogP) is 8.45. The summed E-state index contributed by atoms with van der Waals surface area (Å²) in [7, 11) is 0. The maximum atomic E-state index is 13.8. The molecule has 4 aromatic carbocycles. The minimum absolute atomic E-state index is 0.0231. The maximum Gasteiger partial charge on any atom is 0.363 e. The van der Waals surface area contributed by atoms with Gasteiger partial charge in [0.05, 0.1) is 42.8 Å². The van der Waals surface area contributed by atoms with Crippen LogP contribution >= 0.6 is 0 Å². The number of ether oxygens (including phenoxy) is 3. The van der Waals surface area contributed by atoms with Crippen molar-refractivity contribution < 1.29 is 57.0 Å². The van der Waals surface area contributed by atoms with Crippen LogP contribution in [0.2, 0.25) is 0 Å². The topological polar surface area (TPSA) is 209 Å². The van der Waals surface area contributed by atoms with Gasteiger partial charge in [0.1, 0.15) is 30.8 Å². The summed E-state index contributed by atoms with van der Waals surface area (Å²) in [6.45, 7) is 9.23. The Morgan fingerprint density at radius 3 is 2.04 bits per heavy atom. The Bertz CT molecular complexity index is 2530. The van der Waals surface area contributed by atoms with E-state index in [1.165, 1.54) is 12.1 Å². The van der Waals surface area contributed by atoms with Gasteiger partial charge in [-0.3, -0.25) is 24.0 Å². The molecule has 5 aromatic rings. The van der Waals surface area contributed by atoms with E-state index in [0.29, 0.717) is 42.4 Å². The molecule has 0 radical (unpaired) electrons. The monoisotopic (exact) mass is 958 g/mol. The molecule has 0 spiro atoms. The fraction of sp³-hybridized carbons (Fsp3) is 0.352. The molecule has 0 unspecified atom stereocenters. The van der Waals surface area contributed by atoms with Gasteiger partial charge in [0.15, 0.2) is 5.76 Å². The Morgan fingerprint density at radius 2 is 1.40 bits per heavy atom. The van der Waals surface area contributed by atoms with Gasteiger partial charge in [-0.15, -0.1) is 0 Å². The molecule has 370 valence electrons. The van der Waals surface area contributed by atoms with E-state index in [1.54, 1.807) is 92.7 Å². The van der Waals surface area contributed by atoms with Gasteiger partial charge in [-0.2, -0.15) is 5.06 Å². The van der Waals surface area contributed by atoms with Crippen LogP contribution in [0.1, 0.15) is 127 Å². The summed E-state index contributed by atoms with van der Waals surface area (Å²) in [5.74, 6) is -4.52. The molecule has 5 rings (SSSR count). The highest BCUT2D eigenvalue weighted by atomic mass is 16.7. The van der Waals surface area contributed by atoms with Gasteiger partial charge >= 0.3 is 17.9 Å². The average molecular weight is 959 g/mol. The fourth-order valence-corrected chi connectivity index (χ4v) is 7.66. The van der Waals surface area contributed by atoms with Crippen LogP contribution < -0.4 is 20.7 Å². The van der Waals surface area contributed by atoms with Gasteiger partial charge in [-0.1, -0.05) is 132 Å². The number of nitrogens with one attached hydrogen (secondary N) is 3. The molecule has 0 saturated heterocycles. The standard InChI is InChI=1S/C54H62N4O12/c1-6-9-12-25-42(45(7-2)58(35-59)70-53(64)41-24-18-17-23-40(41)36(4)5)50(61)55-34-56-52(63)47-29-28-46(69-47)39-26-27-43(48(30-39)66-8-3)51(62)57-44(54(65)68-33-38-21-15-11-16-22-38)31-49(60)67-32-37-19-13-10-14-20-37/h10-11,13-24,26-30,35-36,42,44-45H,6-9,12,25,31-34H2,1-5H3,(H,55,61)(H,56,63)(H,57,62)/t42-,44+,45-/m1/s1. The Kier molecular flexibility index (Phi) is 20.7. The van der Waals surface area contributed by atoms with Crippen molar-refractivity contribution in [3.8, 4) is 17.1 Å². The number of nitrogens with zero attached hydrogens (tertiary/aromatic N) is 1. The van der Waals surface area contributed by atoms with E-state index in [-0.39, 0.29) is 55.2 Å². The molecule has 0 fully saturated rings. The van der Waals surface area contributed by atoms with E-state index in [0.717, 1.165) is 29.0 Å². The first-order valence-corrected chi connectivity index (χ1v) is 23.6. The number of carbonyl (C=O) groups is 7. The molecule has 70 heavy (non-hydrogen) atoms. The van der Waals surface area contributed by atoms with Crippen LogP contribution in [0.25, 0.3) is 11.3 Å². The van der Waals surface area contributed by atoms with Crippen molar-refractivity contribution in [2.45, 2.75) is 104 Å². The van der Waals surface area contributed by atoms with Crippen LogP contribution in [-0.2, 0) is 46.7 Å². The normalized spacial score (nSPS) is 12.1. The molecule has 0 aliphatic rings. The second-order valence-corrected chi connectivity index (χ2v) is 16.7. The smallest absolute Gasteiger partial charge is 0.363 e. The predicted molar refractivity (Wildman–Crippen MR) is 260 cm³/mol. The van der Waals surface area contributed by atoms with Gasteiger partial charge in [0.25, 0.3) is 11.8 Å². The van der Waals surface area contributed by atoms with Gasteiger partial charge in [0, 0.05) is 5.56 Å². The molecule has 0 aliphatic heterocycles. The van der Waals surface area contributed by atoms with Crippen molar-refractivity contribution in [2.75, 3.05) is 13.3 Å². The number of rotatable bonds is 27. The minimum Gasteiger partial charge on any atom is -0.493 e. The second-order valence-electron chi connectivity index (χ2n) is 16.7. The van der Waals surface area contributed by atoms with Crippen LogP contribution in [0.15, 0.2) is 120 Å². The van der Waals surface area contributed by atoms with E-state index in [9.17, 15) is 33.6 Å². The molecule has 1 aromatic heterocycles. The third-order valence-corrected chi connectivity index (χ3v) is 11.3. The van der Waals surface area contributed by atoms with Crippen molar-refractivity contribution in [1.29, 1.82) is 0 Å². The number of furan rings is 1. The van der Waals surface area contributed by atoms with Crippen molar-refractivity contribution in [2.24, 2.45) is 5.92 Å². The summed E-state index contributed by atoms with van der Waals surface area (Å²) in [5.41, 5.74) is 3.05. The highest BCUT2D eigenvalue weighted by Crippen LogP contribution is 2.30. The van der Waals surface area contributed by atoms with Gasteiger partial charge in [-0.25, -0.2) is 9.59 Å². The van der Waals surface area contributed by atoms with Crippen LogP contribution in [-0.4, -0.2) is 72.5 Å². The third kappa shape index (κ3) is 15.4. The summed E-state index contributed by atoms with van der Waals surface area (Å²) in [4.78, 5) is 98.6. The molecule has 0 saturated carbocycles. The van der Waals surface area contributed by atoms with Crippen LogP contribution in [0.5, 0.6) is 5.75 Å². The SMILES string of the molecule is CCCCC[C@@H](C(=O)NCNC(=O)c1ccc(-c2ccc(C(=O)N[C@@H](CC(=O)OCc3ccccc3)C(=O)OCc3ccccc3)c(OCC)c2)o1)[C@@H](CC)N(C=O)OC(=O)c1ccccc1C(C)C. The van der Waals surface area contributed by atoms with Gasteiger partial charge in [-0.05, 0) is 72.7 Å². The van der Waals surface area contributed by atoms with E-state index in [4.69, 9.17) is 23.5 Å². The molecule has 16 heteroatoms. The molecule has 1 heterocycles. The summed E-state index contributed by atoms with van der Waals surface area (Å²) in [6.07, 6.45) is 3.01. The van der Waals surface area contributed by atoms with Crippen LogP contribution in [0.4, 0.5) is 0 Å². The first-order chi connectivity index (χ1) is 33.9. The van der Waals surface area contributed by atoms with Crippen LogP contribution in [0, 0.1) is 5.92 Å². The lowest BCUT2D eigenvalue weighted by Crippen LogP contribution is -2.49. The zero-order chi connectivity index (χ0) is 50.4. The molecular weight excluding hydrogens is 897 g/mol. The molecule has 0 aliphatic carbocycles. The second kappa shape index (κ2) is 27.3. The number of esters is 2. The highest BCUT2D eigenvalue weighted by molar-refractivity contribution is 6.00. The Balaban J connectivity index is 1.24. The largest absolute Gasteiger partial charge is 0.493 e. The molecule has 16 nitrogen and oxygen atoms in total. The summed E-state index contributed by atoms with van der Waals surface area (Å²) >= 11 is 0. The minimum atomic E-state index is -1.40. The molecule has 0 bridgehead atoms. The fourth-order valence-electron chi connectivity index (χ4n) is 7.66. The zero-order valence-corrected chi connectivity index (χ0v) is 40.3. The number of amides is 4. The first kappa shape index (κ1) is 53.2. The number of hydrogen-bond acceptors (Lipinski definition) is 12. The molecule has 4 amide bonds. The van der Waals surface area contributed by atoms with Crippen molar-refractivity contribution in [1.82, 2.24) is 21.0 Å². The van der Waals surface area contributed by atoms with Gasteiger partial charge < -0.3 is 39.4 Å². The third-order valence-electron chi connectivity index (χ3n) is 11.3. The highest BCUT2D eigenvalue weighted by Gasteiger charge is 2.34. The quantitative estimate of drug-likeness (QED) is 0.0149. The van der Waals surface area contributed by atoms with Gasteiger partial charge in [0.2, 0.25) is 12.3 Å². The summed E-state index contributed by atoms with van der Waals surface area (Å²) < 4.78 is 22.7. The first-order valence-electron chi connectivity index (χ1n) is 23.6. The number of carbonyl (C=O) groups excluding carboxylic acids is 7. The number of hydroxylamine groups is 2. The maximum absolute atomic E-state index is 13.8. The molecule has 3 atom stereocenters. The van der Waals surface area contributed by atoms with Crippen molar-refractivity contribution in [3.63, 3.8) is 0 Å². The number of unbranched alkanes of at least 4 members (excludes halogenated alkanes) is 2. The Morgan fingerprint density at radius 1 is 0.729 bits per heavy atom. The lowest BCUT2D eigenvalue weighted by molar-refractivity contribution is -0.171. The lowest BCUT2D eigenvalue weighted by atomic mass is 9.90. The van der Waals surface area contributed by atoms with E-state index >= 15 is 0 Å². The number of benzene rings is 4.